The van der Waals surface area contributed by atoms with Crippen LogP contribution in [0, 0.1) is 0 Å². The number of ether oxygens (including phenoxy) is 4. The average Bonchev–Trinajstić information content (AvgIpc) is 3.15. The predicted molar refractivity (Wildman–Crippen MR) is 196 cm³/mol. The second-order valence-electron chi connectivity index (χ2n) is 13.0. The van der Waals surface area contributed by atoms with Gasteiger partial charge in [-0.05, 0) is 66.4 Å². The van der Waals surface area contributed by atoms with Gasteiger partial charge in [-0.3, -0.25) is 4.79 Å². The Bertz CT molecular complexity index is 2090. The summed E-state index contributed by atoms with van der Waals surface area (Å²) in [5.41, 5.74) is 2.15. The molecule has 0 aliphatic carbocycles. The molecule has 0 N–H and O–H groups in total. The van der Waals surface area contributed by atoms with Crippen LogP contribution in [0.15, 0.2) is 140 Å². The average molecular weight is 679 g/mol. The molecular weight excluding hydrogens is 640 g/mol. The summed E-state index contributed by atoms with van der Waals surface area (Å²) >= 11 is 0. The molecule has 0 bridgehead atoms. The Hall–Kier alpha value is -6.21. The SMILES string of the molecule is CC(C)(C)OC(=O)c1cc(OCc2ccccc2)c(C(=O)c2c(C(=O)OCc3ccccc3)ccc3ccccc23)c(OCc2ccccc2)c1. The van der Waals surface area contributed by atoms with Crippen LogP contribution in [0.3, 0.4) is 0 Å². The third-order valence-corrected chi connectivity index (χ3v) is 7.99. The molecule has 0 saturated carbocycles. The molecule has 7 heteroatoms. The summed E-state index contributed by atoms with van der Waals surface area (Å²) in [5, 5.41) is 1.31. The van der Waals surface area contributed by atoms with E-state index in [1.54, 1.807) is 39.0 Å². The predicted octanol–water partition coefficient (Wildman–Crippen LogP) is 9.54. The molecule has 0 aliphatic heterocycles. The van der Waals surface area contributed by atoms with Crippen LogP contribution in [-0.2, 0) is 29.3 Å². The van der Waals surface area contributed by atoms with E-state index in [2.05, 4.69) is 0 Å². The van der Waals surface area contributed by atoms with Crippen molar-refractivity contribution in [3.8, 4) is 11.5 Å². The maximum atomic E-state index is 15.2. The minimum absolute atomic E-state index is 0.0294. The Morgan fingerprint density at radius 2 is 1.02 bits per heavy atom. The van der Waals surface area contributed by atoms with Crippen molar-refractivity contribution in [1.82, 2.24) is 0 Å². The minimum Gasteiger partial charge on any atom is -0.488 e. The largest absolute Gasteiger partial charge is 0.488 e. The van der Waals surface area contributed by atoms with E-state index in [9.17, 15) is 9.59 Å². The van der Waals surface area contributed by atoms with Crippen LogP contribution >= 0.6 is 0 Å². The van der Waals surface area contributed by atoms with Crippen LogP contribution in [0.5, 0.6) is 11.5 Å². The Labute approximate surface area is 297 Å². The molecule has 0 aromatic heterocycles. The molecule has 0 saturated heterocycles. The number of fused-ring (bicyclic) bond motifs is 1. The minimum atomic E-state index is -0.778. The summed E-state index contributed by atoms with van der Waals surface area (Å²) in [6, 6.07) is 42.0. The quantitative estimate of drug-likeness (QED) is 0.0941. The van der Waals surface area contributed by atoms with E-state index >= 15 is 4.79 Å². The van der Waals surface area contributed by atoms with E-state index in [0.29, 0.717) is 5.39 Å². The Morgan fingerprint density at radius 3 is 1.55 bits per heavy atom. The van der Waals surface area contributed by atoms with E-state index in [1.807, 2.05) is 109 Å². The molecule has 0 spiro atoms. The highest BCUT2D eigenvalue weighted by Gasteiger charge is 2.30. The topological polar surface area (TPSA) is 88.1 Å². The van der Waals surface area contributed by atoms with E-state index in [0.717, 1.165) is 22.1 Å². The maximum Gasteiger partial charge on any atom is 0.339 e. The fourth-order valence-corrected chi connectivity index (χ4v) is 5.58. The monoisotopic (exact) mass is 678 g/mol. The summed E-state index contributed by atoms with van der Waals surface area (Å²) in [4.78, 5) is 42.4. The van der Waals surface area contributed by atoms with Crippen LogP contribution in [0.1, 0.15) is 74.1 Å². The Morgan fingerprint density at radius 1 is 0.529 bits per heavy atom. The molecule has 0 aliphatic rings. The fourth-order valence-electron chi connectivity index (χ4n) is 5.58. The number of carbonyl (C=O) groups excluding carboxylic acids is 3. The number of hydrogen-bond acceptors (Lipinski definition) is 7. The van der Waals surface area contributed by atoms with Gasteiger partial charge < -0.3 is 18.9 Å². The van der Waals surface area contributed by atoms with Gasteiger partial charge >= 0.3 is 11.9 Å². The summed E-state index contributed by atoms with van der Waals surface area (Å²) in [5.74, 6) is -1.58. The first-order valence-electron chi connectivity index (χ1n) is 16.7. The van der Waals surface area contributed by atoms with Crippen molar-refractivity contribution in [3.63, 3.8) is 0 Å². The number of benzene rings is 6. The highest BCUT2D eigenvalue weighted by molar-refractivity contribution is 6.23. The molecule has 0 unspecified atom stereocenters. The van der Waals surface area contributed by atoms with Gasteiger partial charge in [0.05, 0.1) is 11.1 Å². The van der Waals surface area contributed by atoms with Gasteiger partial charge in [0.2, 0.25) is 5.78 Å². The zero-order valence-electron chi connectivity index (χ0n) is 28.8. The maximum absolute atomic E-state index is 15.2. The van der Waals surface area contributed by atoms with Crippen LogP contribution < -0.4 is 9.47 Å². The molecule has 0 fully saturated rings. The van der Waals surface area contributed by atoms with Gasteiger partial charge in [-0.25, -0.2) is 9.59 Å². The van der Waals surface area contributed by atoms with Crippen molar-refractivity contribution in [2.24, 2.45) is 0 Å². The Balaban J connectivity index is 1.51. The molecular formula is C44H38O7. The lowest BCUT2D eigenvalue weighted by molar-refractivity contribution is 0.00680. The third kappa shape index (κ3) is 8.69. The number of hydrogen-bond donors (Lipinski definition) is 0. The lowest BCUT2D eigenvalue weighted by atomic mass is 9.91. The van der Waals surface area contributed by atoms with Crippen molar-refractivity contribution in [2.45, 2.75) is 46.2 Å². The second kappa shape index (κ2) is 15.6. The van der Waals surface area contributed by atoms with Crippen molar-refractivity contribution < 1.29 is 33.3 Å². The summed E-state index contributed by atoms with van der Waals surface area (Å²) < 4.78 is 24.2. The van der Waals surface area contributed by atoms with E-state index in [4.69, 9.17) is 18.9 Å². The first-order valence-corrected chi connectivity index (χ1v) is 16.7. The van der Waals surface area contributed by atoms with Crippen LogP contribution in [0.2, 0.25) is 0 Å². The zero-order valence-corrected chi connectivity index (χ0v) is 28.8. The van der Waals surface area contributed by atoms with Crippen LogP contribution in [0.4, 0.5) is 0 Å². The first kappa shape index (κ1) is 34.6. The standard InChI is InChI=1S/C44H38O7/c1-44(2,3)51-42(46)34-25-37(48-27-30-15-7-4-8-16-30)40(38(26-34)49-28-31-17-9-5-10-18-31)41(45)39-35-22-14-13-21-33(35)23-24-36(39)43(47)50-29-32-19-11-6-12-20-32/h4-26H,27-29H2,1-3H3. The van der Waals surface area contributed by atoms with Gasteiger partial charge in [0.15, 0.2) is 0 Å². The molecule has 0 atom stereocenters. The highest BCUT2D eigenvalue weighted by Crippen LogP contribution is 2.37. The normalized spacial score (nSPS) is 11.1. The molecule has 6 aromatic carbocycles. The molecule has 51 heavy (non-hydrogen) atoms. The van der Waals surface area contributed by atoms with E-state index in [-0.39, 0.29) is 53.6 Å². The van der Waals surface area contributed by atoms with Crippen molar-refractivity contribution in [1.29, 1.82) is 0 Å². The van der Waals surface area contributed by atoms with Crippen molar-refractivity contribution >= 4 is 28.5 Å². The lowest BCUT2D eigenvalue weighted by Crippen LogP contribution is -2.24. The molecule has 6 rings (SSSR count). The molecule has 0 heterocycles. The summed E-state index contributed by atoms with van der Waals surface area (Å²) in [6.45, 7) is 5.56. The number of carbonyl (C=O) groups is 3. The second-order valence-corrected chi connectivity index (χ2v) is 13.0. The lowest BCUT2D eigenvalue weighted by Gasteiger charge is -2.22. The van der Waals surface area contributed by atoms with Crippen LogP contribution in [0.25, 0.3) is 10.8 Å². The third-order valence-electron chi connectivity index (χ3n) is 7.99. The Kier molecular flexibility index (Phi) is 10.6. The zero-order chi connectivity index (χ0) is 35.8. The van der Waals surface area contributed by atoms with Gasteiger partial charge in [-0.2, -0.15) is 0 Å². The molecule has 0 amide bonds. The summed E-state index contributed by atoms with van der Waals surface area (Å²) in [7, 11) is 0. The van der Waals surface area contributed by atoms with E-state index in [1.165, 1.54) is 12.1 Å². The van der Waals surface area contributed by atoms with Gasteiger partial charge in [0.1, 0.15) is 42.5 Å². The highest BCUT2D eigenvalue weighted by atomic mass is 16.6. The van der Waals surface area contributed by atoms with E-state index < -0.39 is 23.3 Å². The molecule has 6 aromatic rings. The molecule has 256 valence electrons. The number of esters is 2. The number of rotatable bonds is 12. The summed E-state index contributed by atoms with van der Waals surface area (Å²) in [6.07, 6.45) is 0. The molecule has 7 nitrogen and oxygen atoms in total. The van der Waals surface area contributed by atoms with Crippen LogP contribution in [-0.4, -0.2) is 23.3 Å². The van der Waals surface area contributed by atoms with Crippen molar-refractivity contribution in [2.75, 3.05) is 0 Å². The smallest absolute Gasteiger partial charge is 0.339 e. The van der Waals surface area contributed by atoms with Gasteiger partial charge in [-0.15, -0.1) is 0 Å². The van der Waals surface area contributed by atoms with Gasteiger partial charge in [0, 0.05) is 5.56 Å². The fraction of sp³-hybridized carbons (Fsp3) is 0.159. The number of ketones is 1. The van der Waals surface area contributed by atoms with Gasteiger partial charge in [0.25, 0.3) is 0 Å². The first-order chi connectivity index (χ1) is 24.7. The van der Waals surface area contributed by atoms with Gasteiger partial charge in [-0.1, -0.05) is 121 Å². The van der Waals surface area contributed by atoms with Crippen molar-refractivity contribution in [3.05, 3.63) is 178 Å². The molecule has 0 radical (unpaired) electrons.